The second-order valence-electron chi connectivity index (χ2n) is 4.68. The third-order valence-corrected chi connectivity index (χ3v) is 4.77. The number of nitrogens with one attached hydrogen (secondary N) is 1. The average molecular weight is 310 g/mol. The molecule has 0 amide bonds. The van der Waals surface area contributed by atoms with Crippen molar-refractivity contribution in [2.45, 2.75) is 33.2 Å². The van der Waals surface area contributed by atoms with Crippen molar-refractivity contribution in [3.05, 3.63) is 32.5 Å². The van der Waals surface area contributed by atoms with Gasteiger partial charge in [0.25, 0.3) is 0 Å². The van der Waals surface area contributed by atoms with Crippen LogP contribution in [0.1, 0.15) is 32.0 Å². The van der Waals surface area contributed by atoms with E-state index in [-0.39, 0.29) is 12.0 Å². The van der Waals surface area contributed by atoms with Crippen LogP contribution in [0.2, 0.25) is 0 Å². The second kappa shape index (κ2) is 6.37. The first kappa shape index (κ1) is 15.0. The van der Waals surface area contributed by atoms with Crippen molar-refractivity contribution in [3.63, 3.8) is 0 Å². The van der Waals surface area contributed by atoms with Crippen LogP contribution in [0.3, 0.4) is 0 Å². The van der Waals surface area contributed by atoms with Gasteiger partial charge in [0.2, 0.25) is 0 Å². The maximum Gasteiger partial charge on any atom is 0.357 e. The van der Waals surface area contributed by atoms with E-state index in [2.05, 4.69) is 36.3 Å². The molecule has 0 saturated carbocycles. The van der Waals surface area contributed by atoms with Crippen molar-refractivity contribution in [3.8, 4) is 0 Å². The molecule has 108 valence electrons. The minimum Gasteiger partial charge on any atom is -0.464 e. The van der Waals surface area contributed by atoms with E-state index in [0.29, 0.717) is 5.69 Å². The van der Waals surface area contributed by atoms with Crippen molar-refractivity contribution in [2.75, 3.05) is 12.4 Å². The highest BCUT2D eigenvalue weighted by Crippen LogP contribution is 2.24. The molecule has 0 aromatic carbocycles. The normalized spacial score (nSPS) is 12.2. The number of carbonyl (C=O) groups excluding carboxylic acids is 1. The van der Waals surface area contributed by atoms with Gasteiger partial charge in [-0.15, -0.1) is 22.7 Å². The molecule has 20 heavy (non-hydrogen) atoms. The number of hydrogen-bond donors (Lipinski definition) is 1. The van der Waals surface area contributed by atoms with Crippen LogP contribution in [-0.2, 0) is 11.2 Å². The zero-order chi connectivity index (χ0) is 14.7. The van der Waals surface area contributed by atoms with E-state index in [9.17, 15) is 4.79 Å². The topological polar surface area (TPSA) is 51.2 Å². The average Bonchev–Trinajstić information content (AvgIpc) is 2.94. The minimum atomic E-state index is -0.381. The van der Waals surface area contributed by atoms with Gasteiger partial charge in [-0.2, -0.15) is 0 Å². The van der Waals surface area contributed by atoms with Gasteiger partial charge in [-0.1, -0.05) is 0 Å². The van der Waals surface area contributed by atoms with Gasteiger partial charge in [0, 0.05) is 27.1 Å². The number of aryl methyl sites for hydroxylation is 2. The highest BCUT2D eigenvalue weighted by Gasteiger charge is 2.16. The fourth-order valence-corrected chi connectivity index (χ4v) is 3.83. The summed E-state index contributed by atoms with van der Waals surface area (Å²) in [5.41, 5.74) is 0.402. The molecule has 0 aliphatic carbocycles. The van der Waals surface area contributed by atoms with E-state index in [1.54, 1.807) is 0 Å². The van der Waals surface area contributed by atoms with Gasteiger partial charge in [-0.05, 0) is 32.9 Å². The molecule has 1 N–H and O–H groups in total. The minimum absolute atomic E-state index is 0.268. The number of thiophene rings is 1. The van der Waals surface area contributed by atoms with Crippen molar-refractivity contribution >= 4 is 33.8 Å². The Bertz CT molecular complexity index is 604. The smallest absolute Gasteiger partial charge is 0.357 e. The highest BCUT2D eigenvalue weighted by molar-refractivity contribution is 7.15. The van der Waals surface area contributed by atoms with Gasteiger partial charge in [-0.3, -0.25) is 0 Å². The van der Waals surface area contributed by atoms with E-state index in [4.69, 9.17) is 4.74 Å². The molecule has 0 spiro atoms. The van der Waals surface area contributed by atoms with Gasteiger partial charge in [-0.25, -0.2) is 9.78 Å². The molecule has 1 atom stereocenters. The number of rotatable bonds is 5. The van der Waals surface area contributed by atoms with E-state index < -0.39 is 0 Å². The molecule has 2 rings (SSSR count). The number of thiazole rings is 1. The highest BCUT2D eigenvalue weighted by atomic mass is 32.1. The van der Waals surface area contributed by atoms with E-state index in [1.807, 2.05) is 18.3 Å². The van der Waals surface area contributed by atoms with Crippen molar-refractivity contribution in [2.24, 2.45) is 0 Å². The Morgan fingerprint density at radius 2 is 2.15 bits per heavy atom. The SMILES string of the molecule is COC(=O)c1nc(NC(C)Cc2ccc(C)s2)sc1C. The fraction of sp³-hybridized carbons (Fsp3) is 0.429. The number of carbonyl (C=O) groups is 1. The quantitative estimate of drug-likeness (QED) is 0.856. The van der Waals surface area contributed by atoms with Crippen LogP contribution in [0.4, 0.5) is 5.13 Å². The van der Waals surface area contributed by atoms with Crippen LogP contribution >= 0.6 is 22.7 Å². The van der Waals surface area contributed by atoms with Gasteiger partial charge in [0.1, 0.15) is 0 Å². The Kier molecular flexibility index (Phi) is 4.77. The molecule has 0 aliphatic heterocycles. The van der Waals surface area contributed by atoms with E-state index in [1.165, 1.54) is 28.2 Å². The molecule has 2 aromatic heterocycles. The Labute approximate surface area is 126 Å². The Hall–Kier alpha value is -1.40. The third kappa shape index (κ3) is 3.58. The zero-order valence-corrected chi connectivity index (χ0v) is 13.7. The number of methoxy groups -OCH3 is 1. The van der Waals surface area contributed by atoms with Crippen LogP contribution < -0.4 is 5.32 Å². The lowest BCUT2D eigenvalue weighted by molar-refractivity contribution is 0.0594. The molecule has 0 aliphatic rings. The Balaban J connectivity index is 2.01. The lowest BCUT2D eigenvalue weighted by Crippen LogP contribution is -2.17. The number of anilines is 1. The first-order chi connectivity index (χ1) is 9.49. The van der Waals surface area contributed by atoms with E-state index >= 15 is 0 Å². The number of aromatic nitrogens is 1. The summed E-state index contributed by atoms with van der Waals surface area (Å²) >= 11 is 3.29. The number of esters is 1. The molecule has 1 unspecified atom stereocenters. The van der Waals surface area contributed by atoms with Crippen molar-refractivity contribution in [1.29, 1.82) is 0 Å². The predicted octanol–water partition coefficient (Wildman–Crippen LogP) is 3.65. The van der Waals surface area contributed by atoms with Crippen LogP contribution in [0.25, 0.3) is 0 Å². The predicted molar refractivity (Wildman–Crippen MR) is 84.0 cm³/mol. The molecule has 0 bridgehead atoms. The van der Waals surface area contributed by atoms with Gasteiger partial charge < -0.3 is 10.1 Å². The monoisotopic (exact) mass is 310 g/mol. The lowest BCUT2D eigenvalue weighted by Gasteiger charge is -2.11. The maximum atomic E-state index is 11.5. The standard InChI is InChI=1S/C14H18N2O2S2/c1-8(7-11-6-5-9(2)19-11)15-14-16-12(10(3)20-14)13(17)18-4/h5-6,8H,7H2,1-4H3,(H,15,16). The van der Waals surface area contributed by atoms with Crippen LogP contribution in [0, 0.1) is 13.8 Å². The summed E-state index contributed by atoms with van der Waals surface area (Å²) in [6.07, 6.45) is 0.949. The molecule has 0 saturated heterocycles. The summed E-state index contributed by atoms with van der Waals surface area (Å²) in [5, 5.41) is 4.11. The molecule has 0 fully saturated rings. The summed E-state index contributed by atoms with van der Waals surface area (Å²) in [4.78, 5) is 19.4. The van der Waals surface area contributed by atoms with Crippen LogP contribution in [-0.4, -0.2) is 24.1 Å². The van der Waals surface area contributed by atoms with Crippen molar-refractivity contribution in [1.82, 2.24) is 4.98 Å². The molecule has 2 aromatic rings. The largest absolute Gasteiger partial charge is 0.464 e. The summed E-state index contributed by atoms with van der Waals surface area (Å²) in [6.45, 7) is 6.10. The molecular formula is C14H18N2O2S2. The van der Waals surface area contributed by atoms with Gasteiger partial charge in [0.15, 0.2) is 10.8 Å². The van der Waals surface area contributed by atoms with Gasteiger partial charge in [0.05, 0.1) is 7.11 Å². The number of nitrogens with zero attached hydrogens (tertiary/aromatic N) is 1. The van der Waals surface area contributed by atoms with Gasteiger partial charge >= 0.3 is 5.97 Å². The molecular weight excluding hydrogens is 292 g/mol. The Morgan fingerprint density at radius 1 is 1.40 bits per heavy atom. The summed E-state index contributed by atoms with van der Waals surface area (Å²) < 4.78 is 4.71. The maximum absolute atomic E-state index is 11.5. The zero-order valence-electron chi connectivity index (χ0n) is 12.0. The molecule has 4 nitrogen and oxygen atoms in total. The lowest BCUT2D eigenvalue weighted by atomic mass is 10.2. The summed E-state index contributed by atoms with van der Waals surface area (Å²) in [6, 6.07) is 4.56. The van der Waals surface area contributed by atoms with E-state index in [0.717, 1.165) is 16.4 Å². The molecule has 6 heteroatoms. The van der Waals surface area contributed by atoms with Crippen LogP contribution in [0.5, 0.6) is 0 Å². The summed E-state index contributed by atoms with van der Waals surface area (Å²) in [7, 11) is 1.37. The first-order valence-corrected chi connectivity index (χ1v) is 8.00. The third-order valence-electron chi connectivity index (χ3n) is 2.85. The second-order valence-corrected chi connectivity index (χ2v) is 7.25. The van der Waals surface area contributed by atoms with Crippen molar-refractivity contribution < 1.29 is 9.53 Å². The molecule has 0 radical (unpaired) electrons. The molecule has 2 heterocycles. The fourth-order valence-electron chi connectivity index (χ4n) is 1.90. The number of hydrogen-bond acceptors (Lipinski definition) is 6. The number of ether oxygens (including phenoxy) is 1. The first-order valence-electron chi connectivity index (χ1n) is 6.37. The Morgan fingerprint density at radius 3 is 2.75 bits per heavy atom. The summed E-state index contributed by atoms with van der Waals surface area (Å²) in [5.74, 6) is -0.381. The van der Waals surface area contributed by atoms with Crippen LogP contribution in [0.15, 0.2) is 12.1 Å².